The number of halogens is 1. The van der Waals surface area contributed by atoms with E-state index in [1.807, 2.05) is 0 Å². The lowest BCUT2D eigenvalue weighted by molar-refractivity contribution is 0.0984. The number of hydrogen-bond acceptors (Lipinski definition) is 2. The lowest BCUT2D eigenvalue weighted by Gasteiger charge is -2.08. The molecule has 0 fully saturated rings. The smallest absolute Gasteiger partial charge is 0.166 e. The first-order chi connectivity index (χ1) is 6.69. The third-order valence-electron chi connectivity index (χ3n) is 1.87. The average Bonchev–Trinajstić information content (AvgIpc) is 2.17. The van der Waals surface area contributed by atoms with E-state index in [2.05, 4.69) is 0 Å². The molecule has 0 heterocycles. The Morgan fingerprint density at radius 3 is 2.71 bits per heavy atom. The Labute approximate surface area is 82.7 Å². The third kappa shape index (κ3) is 2.31. The van der Waals surface area contributed by atoms with Gasteiger partial charge >= 0.3 is 0 Å². The van der Waals surface area contributed by atoms with Gasteiger partial charge in [0.15, 0.2) is 5.78 Å². The zero-order chi connectivity index (χ0) is 10.6. The van der Waals surface area contributed by atoms with E-state index in [0.717, 1.165) is 0 Å². The first-order valence-electron chi connectivity index (χ1n) is 4.64. The van der Waals surface area contributed by atoms with Crippen molar-refractivity contribution >= 4 is 5.78 Å². The molecule has 0 unspecified atom stereocenters. The van der Waals surface area contributed by atoms with E-state index in [9.17, 15) is 9.18 Å². The second-order valence-electron chi connectivity index (χ2n) is 2.85. The van der Waals surface area contributed by atoms with Crippen molar-refractivity contribution in [2.75, 3.05) is 6.61 Å². The van der Waals surface area contributed by atoms with Crippen molar-refractivity contribution in [3.8, 4) is 5.75 Å². The molecular weight excluding hydrogens is 183 g/mol. The Kier molecular flexibility index (Phi) is 3.63. The fourth-order valence-electron chi connectivity index (χ4n) is 1.19. The fourth-order valence-corrected chi connectivity index (χ4v) is 1.19. The molecule has 0 radical (unpaired) electrons. The molecule has 0 N–H and O–H groups in total. The molecule has 0 saturated carbocycles. The molecule has 14 heavy (non-hydrogen) atoms. The Bertz CT molecular complexity index is 334. The van der Waals surface area contributed by atoms with Crippen molar-refractivity contribution in [2.45, 2.75) is 20.3 Å². The Morgan fingerprint density at radius 2 is 2.14 bits per heavy atom. The molecule has 0 amide bonds. The van der Waals surface area contributed by atoms with Crippen LogP contribution in [0.2, 0.25) is 0 Å². The highest BCUT2D eigenvalue weighted by Crippen LogP contribution is 2.21. The third-order valence-corrected chi connectivity index (χ3v) is 1.87. The first kappa shape index (κ1) is 10.7. The number of Topliss-reactive ketones (excluding diaryl/α,β-unsaturated/α-hetero) is 1. The first-order valence-corrected chi connectivity index (χ1v) is 4.64. The van der Waals surface area contributed by atoms with Gasteiger partial charge in [0.1, 0.15) is 11.6 Å². The van der Waals surface area contributed by atoms with Crippen molar-refractivity contribution in [3.05, 3.63) is 29.6 Å². The van der Waals surface area contributed by atoms with E-state index >= 15 is 0 Å². The zero-order valence-electron chi connectivity index (χ0n) is 8.34. The topological polar surface area (TPSA) is 26.3 Å². The highest BCUT2D eigenvalue weighted by molar-refractivity contribution is 5.98. The lowest BCUT2D eigenvalue weighted by atomic mass is 10.1. The average molecular weight is 196 g/mol. The van der Waals surface area contributed by atoms with Crippen molar-refractivity contribution in [2.24, 2.45) is 0 Å². The summed E-state index contributed by atoms with van der Waals surface area (Å²) < 4.78 is 18.0. The number of carbonyl (C=O) groups excluding carboxylic acids is 1. The Hall–Kier alpha value is -1.38. The molecule has 0 aliphatic heterocycles. The van der Waals surface area contributed by atoms with Crippen LogP contribution in [0.5, 0.6) is 5.75 Å². The molecular formula is C11H13FO2. The maximum atomic E-state index is 12.8. The molecule has 1 aromatic carbocycles. The maximum absolute atomic E-state index is 12.8. The van der Waals surface area contributed by atoms with Crippen LogP contribution >= 0.6 is 0 Å². The summed E-state index contributed by atoms with van der Waals surface area (Å²) in [5.41, 5.74) is 0.454. The summed E-state index contributed by atoms with van der Waals surface area (Å²) in [6, 6.07) is 3.98. The van der Waals surface area contributed by atoms with Crippen LogP contribution in [0.25, 0.3) is 0 Å². The van der Waals surface area contributed by atoms with Crippen molar-refractivity contribution in [3.63, 3.8) is 0 Å². The summed E-state index contributed by atoms with van der Waals surface area (Å²) in [5, 5.41) is 0. The molecule has 2 nitrogen and oxygen atoms in total. The molecule has 0 aliphatic rings. The van der Waals surface area contributed by atoms with Gasteiger partial charge in [-0.1, -0.05) is 6.92 Å². The van der Waals surface area contributed by atoms with Gasteiger partial charge in [0, 0.05) is 12.5 Å². The minimum absolute atomic E-state index is 0.0338. The van der Waals surface area contributed by atoms with E-state index < -0.39 is 0 Å². The summed E-state index contributed by atoms with van der Waals surface area (Å²) in [4.78, 5) is 11.4. The Balaban J connectivity index is 3.07. The minimum Gasteiger partial charge on any atom is -0.493 e. The molecule has 0 spiro atoms. The van der Waals surface area contributed by atoms with Crippen LogP contribution < -0.4 is 4.74 Å². The normalized spacial score (nSPS) is 9.93. The zero-order valence-corrected chi connectivity index (χ0v) is 8.34. The highest BCUT2D eigenvalue weighted by Gasteiger charge is 2.11. The molecule has 0 aromatic heterocycles. The van der Waals surface area contributed by atoms with Crippen molar-refractivity contribution < 1.29 is 13.9 Å². The molecule has 0 aliphatic carbocycles. The van der Waals surface area contributed by atoms with Gasteiger partial charge in [0.2, 0.25) is 0 Å². The number of carbonyl (C=O) groups is 1. The monoisotopic (exact) mass is 196 g/mol. The molecule has 3 heteroatoms. The van der Waals surface area contributed by atoms with Gasteiger partial charge in [-0.15, -0.1) is 0 Å². The van der Waals surface area contributed by atoms with Crippen molar-refractivity contribution in [1.29, 1.82) is 0 Å². The highest BCUT2D eigenvalue weighted by atomic mass is 19.1. The standard InChI is InChI=1S/C11H13FO2/c1-3-10(13)9-6-5-8(12)7-11(9)14-4-2/h5-7H,3-4H2,1-2H3. The predicted octanol–water partition coefficient (Wildman–Crippen LogP) is 2.82. The number of rotatable bonds is 4. The van der Waals surface area contributed by atoms with E-state index in [1.165, 1.54) is 18.2 Å². The summed E-state index contributed by atoms with van der Waals surface area (Å²) >= 11 is 0. The molecule has 1 aromatic rings. The van der Waals surface area contributed by atoms with Crippen LogP contribution in [0.1, 0.15) is 30.6 Å². The van der Waals surface area contributed by atoms with E-state index in [-0.39, 0.29) is 11.6 Å². The van der Waals surface area contributed by atoms with Gasteiger partial charge in [0.05, 0.1) is 12.2 Å². The van der Waals surface area contributed by atoms with Gasteiger partial charge in [-0.05, 0) is 19.1 Å². The fraction of sp³-hybridized carbons (Fsp3) is 0.364. The van der Waals surface area contributed by atoms with Gasteiger partial charge < -0.3 is 4.74 Å². The molecule has 1 rings (SSSR count). The quantitative estimate of drug-likeness (QED) is 0.692. The van der Waals surface area contributed by atoms with Gasteiger partial charge in [0.25, 0.3) is 0 Å². The number of benzene rings is 1. The molecule has 0 bridgehead atoms. The SMILES string of the molecule is CCOc1cc(F)ccc1C(=O)CC. The molecule has 76 valence electrons. The van der Waals surface area contributed by atoms with Crippen LogP contribution in [0.3, 0.4) is 0 Å². The Morgan fingerprint density at radius 1 is 1.43 bits per heavy atom. The molecule has 0 saturated heterocycles. The number of hydrogen-bond donors (Lipinski definition) is 0. The molecule has 0 atom stereocenters. The number of ketones is 1. The van der Waals surface area contributed by atoms with E-state index in [1.54, 1.807) is 13.8 Å². The van der Waals surface area contributed by atoms with Gasteiger partial charge in [-0.3, -0.25) is 4.79 Å². The lowest BCUT2D eigenvalue weighted by Crippen LogP contribution is -2.03. The summed E-state index contributed by atoms with van der Waals surface area (Å²) in [6.45, 7) is 3.99. The summed E-state index contributed by atoms with van der Waals surface area (Å²) in [7, 11) is 0. The van der Waals surface area contributed by atoms with E-state index in [4.69, 9.17) is 4.74 Å². The predicted molar refractivity (Wildman–Crippen MR) is 52.2 cm³/mol. The maximum Gasteiger partial charge on any atom is 0.166 e. The summed E-state index contributed by atoms with van der Waals surface area (Å²) in [5.74, 6) is -0.0890. The number of ether oxygens (including phenoxy) is 1. The minimum atomic E-state index is -0.388. The second kappa shape index (κ2) is 4.74. The van der Waals surface area contributed by atoms with E-state index in [0.29, 0.717) is 24.3 Å². The van der Waals surface area contributed by atoms with Crippen LogP contribution in [-0.2, 0) is 0 Å². The van der Waals surface area contributed by atoms with Crippen LogP contribution in [0.15, 0.2) is 18.2 Å². The van der Waals surface area contributed by atoms with Crippen LogP contribution in [0, 0.1) is 5.82 Å². The second-order valence-corrected chi connectivity index (χ2v) is 2.85. The van der Waals surface area contributed by atoms with Crippen LogP contribution in [-0.4, -0.2) is 12.4 Å². The van der Waals surface area contributed by atoms with Gasteiger partial charge in [-0.2, -0.15) is 0 Å². The summed E-state index contributed by atoms with van der Waals surface area (Å²) in [6.07, 6.45) is 0.395. The largest absolute Gasteiger partial charge is 0.493 e. The van der Waals surface area contributed by atoms with Crippen molar-refractivity contribution in [1.82, 2.24) is 0 Å². The van der Waals surface area contributed by atoms with Gasteiger partial charge in [-0.25, -0.2) is 4.39 Å². The van der Waals surface area contributed by atoms with Crippen LogP contribution in [0.4, 0.5) is 4.39 Å².